The SMILES string of the molecule is NC(=O)CSc1ncc(-c2ccc(Cl)c(Cl)c2)n1-c1cccc(C(F)(F)F)c1. The van der Waals surface area contributed by atoms with Gasteiger partial charge in [0.2, 0.25) is 5.91 Å². The van der Waals surface area contributed by atoms with Crippen LogP contribution in [-0.2, 0) is 11.0 Å². The first kappa shape index (κ1) is 20.6. The summed E-state index contributed by atoms with van der Waals surface area (Å²) in [4.78, 5) is 15.4. The van der Waals surface area contributed by atoms with Crippen molar-refractivity contribution in [2.45, 2.75) is 11.3 Å². The van der Waals surface area contributed by atoms with Gasteiger partial charge in [-0.3, -0.25) is 9.36 Å². The Labute approximate surface area is 172 Å². The van der Waals surface area contributed by atoms with Crippen LogP contribution in [0.4, 0.5) is 13.2 Å². The lowest BCUT2D eigenvalue weighted by Gasteiger charge is -2.14. The average molecular weight is 446 g/mol. The van der Waals surface area contributed by atoms with Gasteiger partial charge in [0.1, 0.15) is 0 Å². The molecule has 0 atom stereocenters. The molecular weight excluding hydrogens is 434 g/mol. The van der Waals surface area contributed by atoms with Gasteiger partial charge in [-0.25, -0.2) is 4.98 Å². The molecule has 1 amide bonds. The number of hydrogen-bond donors (Lipinski definition) is 1. The van der Waals surface area contributed by atoms with Gasteiger partial charge in [0, 0.05) is 11.3 Å². The number of rotatable bonds is 5. The Kier molecular flexibility index (Phi) is 5.92. The zero-order valence-electron chi connectivity index (χ0n) is 14.0. The second-order valence-corrected chi connectivity index (χ2v) is 7.45. The van der Waals surface area contributed by atoms with E-state index < -0.39 is 17.6 Å². The maximum absolute atomic E-state index is 13.2. The van der Waals surface area contributed by atoms with Gasteiger partial charge in [0.25, 0.3) is 0 Å². The Bertz CT molecular complexity index is 1040. The molecule has 3 aromatic rings. The predicted molar refractivity (Wildman–Crippen MR) is 104 cm³/mol. The number of aromatic nitrogens is 2. The van der Waals surface area contributed by atoms with E-state index in [-0.39, 0.29) is 11.4 Å². The highest BCUT2D eigenvalue weighted by Crippen LogP contribution is 2.35. The lowest BCUT2D eigenvalue weighted by atomic mass is 10.1. The third-order valence-electron chi connectivity index (χ3n) is 3.72. The van der Waals surface area contributed by atoms with E-state index in [0.717, 1.165) is 23.9 Å². The van der Waals surface area contributed by atoms with E-state index in [9.17, 15) is 18.0 Å². The molecule has 10 heteroatoms. The fraction of sp³-hybridized carbons (Fsp3) is 0.111. The molecule has 0 saturated heterocycles. The molecule has 4 nitrogen and oxygen atoms in total. The molecule has 2 aromatic carbocycles. The summed E-state index contributed by atoms with van der Waals surface area (Å²) >= 11 is 13.1. The largest absolute Gasteiger partial charge is 0.416 e. The van der Waals surface area contributed by atoms with E-state index in [0.29, 0.717) is 26.5 Å². The highest BCUT2D eigenvalue weighted by atomic mass is 35.5. The molecule has 0 fully saturated rings. The third-order valence-corrected chi connectivity index (χ3v) is 5.43. The number of amides is 1. The Hall–Kier alpha value is -2.16. The van der Waals surface area contributed by atoms with Crippen molar-refractivity contribution < 1.29 is 18.0 Å². The zero-order chi connectivity index (χ0) is 20.5. The number of thioether (sulfide) groups is 1. The van der Waals surface area contributed by atoms with Crippen molar-refractivity contribution in [3.05, 3.63) is 64.3 Å². The number of carbonyl (C=O) groups is 1. The van der Waals surface area contributed by atoms with Crippen LogP contribution in [0.25, 0.3) is 16.9 Å². The monoisotopic (exact) mass is 445 g/mol. The van der Waals surface area contributed by atoms with Crippen LogP contribution in [0.2, 0.25) is 10.0 Å². The number of halogens is 5. The van der Waals surface area contributed by atoms with Crippen LogP contribution in [0.15, 0.2) is 53.8 Å². The van der Waals surface area contributed by atoms with Gasteiger partial charge in [-0.2, -0.15) is 13.2 Å². The zero-order valence-corrected chi connectivity index (χ0v) is 16.3. The van der Waals surface area contributed by atoms with E-state index >= 15 is 0 Å². The maximum Gasteiger partial charge on any atom is 0.416 e. The third kappa shape index (κ3) is 4.45. The van der Waals surface area contributed by atoms with Crippen molar-refractivity contribution >= 4 is 40.9 Å². The molecule has 28 heavy (non-hydrogen) atoms. The minimum atomic E-state index is -4.50. The Morgan fingerprint density at radius 1 is 1.14 bits per heavy atom. The summed E-state index contributed by atoms with van der Waals surface area (Å²) < 4.78 is 41.0. The number of nitrogens with two attached hydrogens (primary N) is 1. The molecule has 0 unspecified atom stereocenters. The molecule has 0 saturated carbocycles. The second-order valence-electron chi connectivity index (χ2n) is 5.69. The van der Waals surface area contributed by atoms with E-state index in [4.69, 9.17) is 28.9 Å². The summed E-state index contributed by atoms with van der Waals surface area (Å²) in [6.07, 6.45) is -3.01. The van der Waals surface area contributed by atoms with Gasteiger partial charge in [0.05, 0.1) is 33.3 Å². The number of nitrogens with zero attached hydrogens (tertiary/aromatic N) is 2. The Balaban J connectivity index is 2.17. The highest BCUT2D eigenvalue weighted by Gasteiger charge is 2.31. The van der Waals surface area contributed by atoms with E-state index in [1.807, 2.05) is 0 Å². The first-order chi connectivity index (χ1) is 13.2. The van der Waals surface area contributed by atoms with Crippen LogP contribution in [-0.4, -0.2) is 21.2 Å². The normalized spacial score (nSPS) is 11.6. The first-order valence-corrected chi connectivity index (χ1v) is 9.53. The summed E-state index contributed by atoms with van der Waals surface area (Å²) in [6, 6.07) is 9.67. The van der Waals surface area contributed by atoms with E-state index in [1.54, 1.807) is 18.2 Å². The molecule has 3 rings (SSSR count). The molecule has 0 radical (unpaired) electrons. The minimum absolute atomic E-state index is 0.0726. The summed E-state index contributed by atoms with van der Waals surface area (Å²) in [5, 5.41) is 0.959. The molecule has 0 spiro atoms. The molecule has 0 aliphatic rings. The second kappa shape index (κ2) is 8.06. The van der Waals surface area contributed by atoms with Gasteiger partial charge in [-0.1, -0.05) is 47.1 Å². The molecule has 0 bridgehead atoms. The molecule has 2 N–H and O–H groups in total. The van der Waals surface area contributed by atoms with E-state index in [2.05, 4.69) is 4.98 Å². The molecular formula is C18H12Cl2F3N3OS. The van der Waals surface area contributed by atoms with Crippen LogP contribution in [0.5, 0.6) is 0 Å². The van der Waals surface area contributed by atoms with Gasteiger partial charge in [-0.15, -0.1) is 0 Å². The fourth-order valence-electron chi connectivity index (χ4n) is 2.50. The van der Waals surface area contributed by atoms with Gasteiger partial charge >= 0.3 is 6.18 Å². The average Bonchev–Trinajstić information content (AvgIpc) is 3.05. The standard InChI is InChI=1S/C18H12Cl2F3N3OS/c19-13-5-4-10(6-14(13)20)15-8-25-17(28-9-16(24)27)26(15)12-3-1-2-11(7-12)18(21,22)23/h1-8H,9H2,(H2,24,27). The van der Waals surface area contributed by atoms with Crippen LogP contribution in [0.1, 0.15) is 5.56 Å². The quantitative estimate of drug-likeness (QED) is 0.531. The molecule has 1 heterocycles. The van der Waals surface area contributed by atoms with Gasteiger partial charge in [0.15, 0.2) is 5.16 Å². The van der Waals surface area contributed by atoms with Crippen LogP contribution < -0.4 is 5.73 Å². The number of carbonyl (C=O) groups excluding carboxylic acids is 1. The van der Waals surface area contributed by atoms with Crippen molar-refractivity contribution in [1.29, 1.82) is 0 Å². The maximum atomic E-state index is 13.2. The molecule has 1 aromatic heterocycles. The summed E-state index contributed by atoms with van der Waals surface area (Å²) in [7, 11) is 0. The summed E-state index contributed by atoms with van der Waals surface area (Å²) in [5.74, 6) is -0.642. The Morgan fingerprint density at radius 2 is 1.89 bits per heavy atom. The number of primary amides is 1. The lowest BCUT2D eigenvalue weighted by molar-refractivity contribution is -0.137. The topological polar surface area (TPSA) is 60.9 Å². The van der Waals surface area contributed by atoms with Crippen molar-refractivity contribution in [2.24, 2.45) is 5.73 Å². The van der Waals surface area contributed by atoms with Crippen molar-refractivity contribution in [3.8, 4) is 16.9 Å². The molecule has 0 aliphatic heterocycles. The number of alkyl halides is 3. The van der Waals surface area contributed by atoms with Crippen LogP contribution in [0, 0.1) is 0 Å². The van der Waals surface area contributed by atoms with E-state index in [1.165, 1.54) is 22.9 Å². The van der Waals surface area contributed by atoms with Crippen LogP contribution in [0.3, 0.4) is 0 Å². The predicted octanol–water partition coefficient (Wildman–Crippen LogP) is 5.44. The van der Waals surface area contributed by atoms with Crippen molar-refractivity contribution in [3.63, 3.8) is 0 Å². The van der Waals surface area contributed by atoms with Gasteiger partial charge < -0.3 is 5.73 Å². The summed E-state index contributed by atoms with van der Waals surface area (Å²) in [6.45, 7) is 0. The smallest absolute Gasteiger partial charge is 0.369 e. The van der Waals surface area contributed by atoms with Gasteiger partial charge in [-0.05, 0) is 30.3 Å². The number of benzene rings is 2. The van der Waals surface area contributed by atoms with Crippen LogP contribution >= 0.6 is 35.0 Å². The van der Waals surface area contributed by atoms with Crippen molar-refractivity contribution in [1.82, 2.24) is 9.55 Å². The highest BCUT2D eigenvalue weighted by molar-refractivity contribution is 7.99. The molecule has 146 valence electrons. The minimum Gasteiger partial charge on any atom is -0.369 e. The Morgan fingerprint density at radius 3 is 2.54 bits per heavy atom. The summed E-state index contributed by atoms with van der Waals surface area (Å²) in [5.41, 5.74) is 5.71. The first-order valence-electron chi connectivity index (χ1n) is 7.78. The number of hydrogen-bond acceptors (Lipinski definition) is 3. The lowest BCUT2D eigenvalue weighted by Crippen LogP contribution is -2.14. The molecule has 0 aliphatic carbocycles. The van der Waals surface area contributed by atoms with Crippen molar-refractivity contribution in [2.75, 3.05) is 5.75 Å². The number of imidazole rings is 1. The fourth-order valence-corrected chi connectivity index (χ4v) is 3.53.